The van der Waals surface area contributed by atoms with Crippen molar-refractivity contribution in [2.75, 3.05) is 45.8 Å². The fraction of sp³-hybridized carbons (Fsp3) is 0.636. The lowest BCUT2D eigenvalue weighted by atomic mass is 10.1. The SMILES string of the molecule is CCCN(CCC)S(=O)(=O)c1ccc(C(=O)N2CCN(C(=O)CCCCN)CC2)cc1. The number of amides is 2. The van der Waals surface area contributed by atoms with Crippen LogP contribution in [0.25, 0.3) is 0 Å². The molecule has 1 aliphatic heterocycles. The van der Waals surface area contributed by atoms with Gasteiger partial charge in [-0.15, -0.1) is 0 Å². The normalized spacial score (nSPS) is 14.8. The monoisotopic (exact) mass is 452 g/mol. The Morgan fingerprint density at radius 2 is 1.48 bits per heavy atom. The Hall–Kier alpha value is -1.97. The van der Waals surface area contributed by atoms with E-state index in [9.17, 15) is 18.0 Å². The van der Waals surface area contributed by atoms with Gasteiger partial charge in [-0.1, -0.05) is 13.8 Å². The van der Waals surface area contributed by atoms with E-state index >= 15 is 0 Å². The van der Waals surface area contributed by atoms with Gasteiger partial charge in [-0.25, -0.2) is 8.42 Å². The Kier molecular flexibility index (Phi) is 9.93. The molecule has 9 heteroatoms. The first kappa shape index (κ1) is 25.3. The molecule has 174 valence electrons. The summed E-state index contributed by atoms with van der Waals surface area (Å²) in [6.45, 7) is 7.43. The summed E-state index contributed by atoms with van der Waals surface area (Å²) in [6, 6.07) is 6.18. The van der Waals surface area contributed by atoms with Crippen LogP contribution in [0.3, 0.4) is 0 Å². The van der Waals surface area contributed by atoms with E-state index in [-0.39, 0.29) is 16.7 Å². The lowest BCUT2D eigenvalue weighted by molar-refractivity contribution is -0.132. The van der Waals surface area contributed by atoms with E-state index in [2.05, 4.69) is 0 Å². The zero-order valence-corrected chi connectivity index (χ0v) is 19.6. The van der Waals surface area contributed by atoms with Gasteiger partial charge in [-0.2, -0.15) is 4.31 Å². The topological polar surface area (TPSA) is 104 Å². The molecule has 2 amide bonds. The first-order valence-corrected chi connectivity index (χ1v) is 12.7. The molecule has 0 unspecified atom stereocenters. The highest BCUT2D eigenvalue weighted by Gasteiger charge is 2.26. The molecule has 1 aliphatic rings. The Morgan fingerprint density at radius 3 is 2.00 bits per heavy atom. The molecule has 0 atom stereocenters. The van der Waals surface area contributed by atoms with Crippen molar-refractivity contribution in [3.8, 4) is 0 Å². The van der Waals surface area contributed by atoms with Crippen LogP contribution in [0.5, 0.6) is 0 Å². The molecule has 1 aromatic rings. The summed E-state index contributed by atoms with van der Waals surface area (Å²) in [5.74, 6) is -0.0306. The van der Waals surface area contributed by atoms with Crippen molar-refractivity contribution in [2.24, 2.45) is 5.73 Å². The highest BCUT2D eigenvalue weighted by Crippen LogP contribution is 2.19. The van der Waals surface area contributed by atoms with Crippen LogP contribution in [0.2, 0.25) is 0 Å². The summed E-state index contributed by atoms with van der Waals surface area (Å²) < 4.78 is 27.2. The van der Waals surface area contributed by atoms with E-state index in [1.807, 2.05) is 13.8 Å². The van der Waals surface area contributed by atoms with E-state index in [0.717, 1.165) is 25.7 Å². The summed E-state index contributed by atoms with van der Waals surface area (Å²) in [6.07, 6.45) is 3.62. The predicted molar refractivity (Wildman–Crippen MR) is 121 cm³/mol. The van der Waals surface area contributed by atoms with Gasteiger partial charge >= 0.3 is 0 Å². The third kappa shape index (κ3) is 6.75. The molecular formula is C22H36N4O4S. The molecule has 31 heavy (non-hydrogen) atoms. The molecule has 1 aromatic carbocycles. The zero-order valence-electron chi connectivity index (χ0n) is 18.8. The van der Waals surface area contributed by atoms with Crippen LogP contribution in [0.15, 0.2) is 29.2 Å². The number of hydrogen-bond acceptors (Lipinski definition) is 5. The van der Waals surface area contributed by atoms with Crippen LogP contribution in [-0.2, 0) is 14.8 Å². The highest BCUT2D eigenvalue weighted by atomic mass is 32.2. The molecule has 0 radical (unpaired) electrons. The van der Waals surface area contributed by atoms with Crippen LogP contribution < -0.4 is 5.73 Å². The predicted octanol–water partition coefficient (Wildman–Crippen LogP) is 1.91. The summed E-state index contributed by atoms with van der Waals surface area (Å²) in [5.41, 5.74) is 5.93. The Bertz CT molecular complexity index is 812. The molecular weight excluding hydrogens is 416 g/mol. The van der Waals surface area contributed by atoms with E-state index in [1.165, 1.54) is 16.4 Å². The molecule has 1 heterocycles. The Labute approximate surface area is 186 Å². The first-order chi connectivity index (χ1) is 14.8. The van der Waals surface area contributed by atoms with Crippen molar-refractivity contribution in [3.05, 3.63) is 29.8 Å². The van der Waals surface area contributed by atoms with Crippen molar-refractivity contribution in [3.63, 3.8) is 0 Å². The van der Waals surface area contributed by atoms with Crippen molar-refractivity contribution in [1.82, 2.24) is 14.1 Å². The molecule has 0 bridgehead atoms. The van der Waals surface area contributed by atoms with Crippen LogP contribution >= 0.6 is 0 Å². The lowest BCUT2D eigenvalue weighted by Gasteiger charge is -2.35. The van der Waals surface area contributed by atoms with Gasteiger partial charge in [0.25, 0.3) is 5.91 Å². The first-order valence-electron chi connectivity index (χ1n) is 11.2. The number of nitrogens with zero attached hydrogens (tertiary/aromatic N) is 3. The largest absolute Gasteiger partial charge is 0.339 e. The molecule has 0 saturated carbocycles. The van der Waals surface area contributed by atoms with Gasteiger partial charge in [0.1, 0.15) is 0 Å². The average Bonchev–Trinajstić information content (AvgIpc) is 2.78. The second kappa shape index (κ2) is 12.2. The number of carbonyl (C=O) groups is 2. The van der Waals surface area contributed by atoms with E-state index < -0.39 is 10.0 Å². The molecule has 2 N–H and O–H groups in total. The second-order valence-corrected chi connectivity index (χ2v) is 9.79. The fourth-order valence-corrected chi connectivity index (χ4v) is 5.31. The zero-order chi connectivity index (χ0) is 22.9. The smallest absolute Gasteiger partial charge is 0.253 e. The summed E-state index contributed by atoms with van der Waals surface area (Å²) >= 11 is 0. The summed E-state index contributed by atoms with van der Waals surface area (Å²) in [4.78, 5) is 28.8. The summed E-state index contributed by atoms with van der Waals surface area (Å²) in [7, 11) is -3.56. The minimum absolute atomic E-state index is 0.110. The highest BCUT2D eigenvalue weighted by molar-refractivity contribution is 7.89. The number of benzene rings is 1. The molecule has 1 saturated heterocycles. The number of hydrogen-bond donors (Lipinski definition) is 1. The van der Waals surface area contributed by atoms with Gasteiger partial charge in [0.2, 0.25) is 15.9 Å². The maximum absolute atomic E-state index is 12.9. The fourth-order valence-electron chi connectivity index (χ4n) is 3.69. The number of nitrogens with two attached hydrogens (primary N) is 1. The van der Waals surface area contributed by atoms with E-state index in [0.29, 0.717) is 57.8 Å². The van der Waals surface area contributed by atoms with E-state index in [4.69, 9.17) is 5.73 Å². The maximum atomic E-state index is 12.9. The minimum atomic E-state index is -3.56. The molecule has 0 aromatic heterocycles. The van der Waals surface area contributed by atoms with Gasteiger partial charge in [0.15, 0.2) is 0 Å². The van der Waals surface area contributed by atoms with Gasteiger partial charge < -0.3 is 15.5 Å². The number of piperazine rings is 1. The maximum Gasteiger partial charge on any atom is 0.253 e. The Balaban J connectivity index is 1.97. The molecule has 0 spiro atoms. The number of rotatable bonds is 11. The van der Waals surface area contributed by atoms with Crippen LogP contribution in [0.4, 0.5) is 0 Å². The van der Waals surface area contributed by atoms with Gasteiger partial charge in [-0.3, -0.25) is 9.59 Å². The molecule has 2 rings (SSSR count). The van der Waals surface area contributed by atoms with Crippen LogP contribution in [0, 0.1) is 0 Å². The molecule has 0 aliphatic carbocycles. The molecule has 8 nitrogen and oxygen atoms in total. The van der Waals surface area contributed by atoms with Crippen LogP contribution in [-0.4, -0.2) is 80.2 Å². The minimum Gasteiger partial charge on any atom is -0.339 e. The van der Waals surface area contributed by atoms with Crippen molar-refractivity contribution in [1.29, 1.82) is 0 Å². The number of sulfonamides is 1. The standard InChI is InChI=1S/C22H36N4O4S/c1-3-13-26(14-4-2)31(29,30)20-10-8-19(9-11-20)22(28)25-17-15-24(16-18-25)21(27)7-5-6-12-23/h8-11H,3-7,12-18,23H2,1-2H3. The Morgan fingerprint density at radius 1 is 0.935 bits per heavy atom. The van der Waals surface area contributed by atoms with E-state index in [1.54, 1.807) is 21.9 Å². The number of carbonyl (C=O) groups excluding carboxylic acids is 2. The number of unbranched alkanes of at least 4 members (excludes halogenated alkanes) is 1. The average molecular weight is 453 g/mol. The lowest BCUT2D eigenvalue weighted by Crippen LogP contribution is -2.50. The van der Waals surface area contributed by atoms with Crippen LogP contribution in [0.1, 0.15) is 56.3 Å². The van der Waals surface area contributed by atoms with Gasteiger partial charge in [0, 0.05) is 51.3 Å². The summed E-state index contributed by atoms with van der Waals surface area (Å²) in [5, 5.41) is 0. The second-order valence-electron chi connectivity index (χ2n) is 7.85. The van der Waals surface area contributed by atoms with Crippen molar-refractivity contribution < 1.29 is 18.0 Å². The quantitative estimate of drug-likeness (QED) is 0.517. The van der Waals surface area contributed by atoms with Gasteiger partial charge in [0.05, 0.1) is 4.90 Å². The third-order valence-corrected chi connectivity index (χ3v) is 7.36. The van der Waals surface area contributed by atoms with Crippen molar-refractivity contribution >= 4 is 21.8 Å². The van der Waals surface area contributed by atoms with Gasteiger partial charge in [-0.05, 0) is 56.5 Å². The van der Waals surface area contributed by atoms with Crippen molar-refractivity contribution in [2.45, 2.75) is 50.8 Å². The molecule has 1 fully saturated rings. The third-order valence-electron chi connectivity index (χ3n) is 5.45.